The van der Waals surface area contributed by atoms with Crippen LogP contribution in [-0.4, -0.2) is 60.1 Å². The first-order chi connectivity index (χ1) is 15.1. The minimum Gasteiger partial charge on any atom is -0.402 e. The molecule has 2 aliphatic rings. The summed E-state index contributed by atoms with van der Waals surface area (Å²) in [5.41, 5.74) is 6.38. The van der Waals surface area contributed by atoms with Crippen LogP contribution in [0.4, 0.5) is 0 Å². The summed E-state index contributed by atoms with van der Waals surface area (Å²) in [6.07, 6.45) is 4.49. The maximum Gasteiger partial charge on any atom is 0.481 e. The molecular formula is C24H39BClN3O4. The Bertz CT molecular complexity index is 771. The lowest BCUT2D eigenvalue weighted by molar-refractivity contribution is -0.133. The maximum absolute atomic E-state index is 12.9. The Hall–Kier alpha value is -1.61. The van der Waals surface area contributed by atoms with Crippen molar-refractivity contribution in [1.29, 1.82) is 0 Å². The van der Waals surface area contributed by atoms with Crippen LogP contribution in [-0.2, 0) is 25.3 Å². The first-order valence-electron chi connectivity index (χ1n) is 11.8. The van der Waals surface area contributed by atoms with Crippen LogP contribution < -0.4 is 11.1 Å². The molecule has 1 aromatic carbocycles. The van der Waals surface area contributed by atoms with Gasteiger partial charge in [0.05, 0.1) is 29.6 Å². The first kappa shape index (κ1) is 27.6. The predicted octanol–water partition coefficient (Wildman–Crippen LogP) is 2.89. The Kier molecular flexibility index (Phi) is 9.79. The largest absolute Gasteiger partial charge is 0.481 e. The molecule has 0 aliphatic carbocycles. The zero-order chi connectivity index (χ0) is 23.4. The predicted molar refractivity (Wildman–Crippen MR) is 133 cm³/mol. The van der Waals surface area contributed by atoms with Crippen molar-refractivity contribution in [3.05, 3.63) is 35.9 Å². The Labute approximate surface area is 204 Å². The minimum absolute atomic E-state index is 0. The fourth-order valence-corrected chi connectivity index (χ4v) is 4.17. The Morgan fingerprint density at radius 2 is 1.67 bits per heavy atom. The van der Waals surface area contributed by atoms with Gasteiger partial charge >= 0.3 is 7.12 Å². The lowest BCUT2D eigenvalue weighted by atomic mass is 9.75. The van der Waals surface area contributed by atoms with E-state index in [1.54, 1.807) is 4.90 Å². The molecule has 1 unspecified atom stereocenters. The molecule has 3 N–H and O–H groups in total. The van der Waals surface area contributed by atoms with E-state index in [2.05, 4.69) is 17.4 Å². The summed E-state index contributed by atoms with van der Waals surface area (Å²) in [4.78, 5) is 27.1. The number of rotatable bonds is 9. The molecule has 2 saturated heterocycles. The van der Waals surface area contributed by atoms with Crippen LogP contribution in [0.25, 0.3) is 0 Å². The molecular weight excluding hydrogens is 441 g/mol. The molecule has 0 radical (unpaired) electrons. The molecule has 184 valence electrons. The van der Waals surface area contributed by atoms with E-state index >= 15 is 0 Å². The smallest absolute Gasteiger partial charge is 0.402 e. The molecule has 2 aliphatic heterocycles. The van der Waals surface area contributed by atoms with Crippen LogP contribution in [0.3, 0.4) is 0 Å². The number of amides is 2. The van der Waals surface area contributed by atoms with E-state index < -0.39 is 24.4 Å². The second-order valence-corrected chi connectivity index (χ2v) is 10.0. The molecule has 9 heteroatoms. The highest BCUT2D eigenvalue weighted by atomic mass is 35.5. The summed E-state index contributed by atoms with van der Waals surface area (Å²) < 4.78 is 12.4. The van der Waals surface area contributed by atoms with Crippen molar-refractivity contribution in [2.75, 3.05) is 13.1 Å². The van der Waals surface area contributed by atoms with Crippen molar-refractivity contribution in [1.82, 2.24) is 10.2 Å². The molecule has 33 heavy (non-hydrogen) atoms. The summed E-state index contributed by atoms with van der Waals surface area (Å²) >= 11 is 0. The molecule has 0 spiro atoms. The van der Waals surface area contributed by atoms with Gasteiger partial charge in [0.25, 0.3) is 0 Å². The molecule has 2 heterocycles. The molecule has 0 aromatic heterocycles. The Balaban J connectivity index is 0.00000385. The SMILES string of the molecule is CC1(C)OB([C@H](CCCc2ccccc2)NC(=O)C(N)CC(=O)N2CCCC2)OC1(C)C.Cl. The van der Waals surface area contributed by atoms with Gasteiger partial charge in [-0.1, -0.05) is 30.3 Å². The van der Waals surface area contributed by atoms with Crippen LogP contribution in [0, 0.1) is 0 Å². The van der Waals surface area contributed by atoms with Crippen LogP contribution >= 0.6 is 12.4 Å². The average Bonchev–Trinajstić information content (AvgIpc) is 3.34. The number of nitrogens with one attached hydrogen (secondary N) is 1. The third-order valence-electron chi connectivity index (χ3n) is 6.94. The van der Waals surface area contributed by atoms with Gasteiger partial charge in [-0.05, 0) is 65.4 Å². The van der Waals surface area contributed by atoms with Gasteiger partial charge in [-0.15, -0.1) is 12.4 Å². The fraction of sp³-hybridized carbons (Fsp3) is 0.667. The minimum atomic E-state index is -0.887. The number of carbonyl (C=O) groups excluding carboxylic acids is 2. The van der Waals surface area contributed by atoms with E-state index in [1.807, 2.05) is 45.9 Å². The zero-order valence-electron chi connectivity index (χ0n) is 20.3. The van der Waals surface area contributed by atoms with Gasteiger partial charge in [-0.2, -0.15) is 0 Å². The number of aryl methyl sites for hydroxylation is 1. The van der Waals surface area contributed by atoms with Gasteiger partial charge in [0.15, 0.2) is 0 Å². The summed E-state index contributed by atoms with van der Waals surface area (Å²) in [6, 6.07) is 9.37. The molecule has 0 bridgehead atoms. The molecule has 2 atom stereocenters. The van der Waals surface area contributed by atoms with Crippen molar-refractivity contribution in [3.8, 4) is 0 Å². The second-order valence-electron chi connectivity index (χ2n) is 10.0. The normalized spacial score (nSPS) is 20.8. The lowest BCUT2D eigenvalue weighted by Gasteiger charge is -2.32. The first-order valence-corrected chi connectivity index (χ1v) is 11.8. The van der Waals surface area contributed by atoms with Crippen molar-refractivity contribution in [2.24, 2.45) is 5.73 Å². The molecule has 2 fully saturated rings. The third kappa shape index (κ3) is 7.19. The summed E-state index contributed by atoms with van der Waals surface area (Å²) in [5, 5.41) is 3.03. The Morgan fingerprint density at radius 3 is 2.24 bits per heavy atom. The number of nitrogens with zero attached hydrogens (tertiary/aromatic N) is 1. The number of hydrogen-bond acceptors (Lipinski definition) is 5. The van der Waals surface area contributed by atoms with Crippen molar-refractivity contribution >= 4 is 31.3 Å². The van der Waals surface area contributed by atoms with Crippen LogP contribution in [0.1, 0.15) is 65.4 Å². The third-order valence-corrected chi connectivity index (χ3v) is 6.94. The summed E-state index contributed by atoms with van der Waals surface area (Å²) in [6.45, 7) is 9.49. The van der Waals surface area contributed by atoms with E-state index in [1.165, 1.54) is 5.56 Å². The molecule has 3 rings (SSSR count). The van der Waals surface area contributed by atoms with Gasteiger partial charge in [0, 0.05) is 13.1 Å². The van der Waals surface area contributed by atoms with Gasteiger partial charge < -0.3 is 25.3 Å². The van der Waals surface area contributed by atoms with Gasteiger partial charge in [0.2, 0.25) is 11.8 Å². The van der Waals surface area contributed by atoms with E-state index in [0.717, 1.165) is 38.8 Å². The van der Waals surface area contributed by atoms with Crippen LogP contribution in [0.5, 0.6) is 0 Å². The highest BCUT2D eigenvalue weighted by Crippen LogP contribution is 2.38. The van der Waals surface area contributed by atoms with Crippen molar-refractivity contribution in [2.45, 2.75) is 89.4 Å². The molecule has 2 amide bonds. The van der Waals surface area contributed by atoms with Crippen molar-refractivity contribution < 1.29 is 18.9 Å². The zero-order valence-corrected chi connectivity index (χ0v) is 21.2. The average molecular weight is 480 g/mol. The van der Waals surface area contributed by atoms with Gasteiger partial charge in [0.1, 0.15) is 0 Å². The second kappa shape index (κ2) is 11.7. The number of likely N-dealkylation sites (tertiary alicyclic amines) is 1. The monoisotopic (exact) mass is 479 g/mol. The van der Waals surface area contributed by atoms with Crippen molar-refractivity contribution in [3.63, 3.8) is 0 Å². The summed E-state index contributed by atoms with van der Waals surface area (Å²) in [5.74, 6) is -0.737. The molecule has 0 saturated carbocycles. The number of nitrogens with two attached hydrogens (primary N) is 1. The van der Waals surface area contributed by atoms with E-state index in [9.17, 15) is 9.59 Å². The van der Waals surface area contributed by atoms with Gasteiger partial charge in [-0.25, -0.2) is 0 Å². The lowest BCUT2D eigenvalue weighted by Crippen LogP contribution is -2.53. The number of halogens is 1. The molecule has 1 aromatic rings. The number of benzene rings is 1. The maximum atomic E-state index is 12.9. The quantitative estimate of drug-likeness (QED) is 0.531. The standard InChI is InChI=1S/C24H38BN3O4.ClH/c1-23(2)24(3,4)32-25(31-23)20(14-10-13-18-11-6-5-7-12-18)27-22(30)19(26)17-21(29)28-15-8-9-16-28;/h5-7,11-12,19-20H,8-10,13-17,26H2,1-4H3,(H,27,30);1H/t19?,20-;/m0./s1. The highest BCUT2D eigenvalue weighted by molar-refractivity contribution is 6.48. The van der Waals surface area contributed by atoms with E-state index in [0.29, 0.717) is 6.42 Å². The van der Waals surface area contributed by atoms with E-state index in [4.69, 9.17) is 15.0 Å². The number of hydrogen-bond donors (Lipinski definition) is 2. The topological polar surface area (TPSA) is 93.9 Å². The summed E-state index contributed by atoms with van der Waals surface area (Å²) in [7, 11) is -0.568. The van der Waals surface area contributed by atoms with Crippen LogP contribution in [0.15, 0.2) is 30.3 Å². The Morgan fingerprint density at radius 1 is 1.09 bits per heavy atom. The number of carbonyl (C=O) groups is 2. The van der Waals surface area contributed by atoms with Crippen LogP contribution in [0.2, 0.25) is 0 Å². The highest BCUT2D eigenvalue weighted by Gasteiger charge is 2.54. The fourth-order valence-electron chi connectivity index (χ4n) is 4.17. The molecule has 7 nitrogen and oxygen atoms in total. The van der Waals surface area contributed by atoms with Gasteiger partial charge in [-0.3, -0.25) is 9.59 Å². The van der Waals surface area contributed by atoms with E-state index in [-0.39, 0.29) is 36.6 Å².